The number of carboxylic acid groups (broad SMARTS) is 1. The number of H-pyrrole nitrogens is 1. The van der Waals surface area contributed by atoms with Crippen molar-refractivity contribution in [3.8, 4) is 0 Å². The number of halogens is 1. The maximum absolute atomic E-state index is 12.8. The summed E-state index contributed by atoms with van der Waals surface area (Å²) in [4.78, 5) is 17.1. The molecule has 0 bridgehead atoms. The Balaban J connectivity index is 2.84. The van der Waals surface area contributed by atoms with Crippen LogP contribution in [0.25, 0.3) is 11.0 Å². The van der Waals surface area contributed by atoms with E-state index in [-0.39, 0.29) is 11.1 Å². The molecule has 2 rings (SSSR count). The number of nitrogens with zero attached hydrogens (tertiary/aromatic N) is 1. The standard InChI is InChI=1S/C8H5FN2O2/c9-4-1-5(8(12)13)7-6(2-4)10-3-11-7/h1-3H,(H,10,11)(H,12,13). The van der Waals surface area contributed by atoms with Gasteiger partial charge < -0.3 is 10.1 Å². The van der Waals surface area contributed by atoms with Gasteiger partial charge in [0.05, 0.1) is 17.4 Å². The maximum Gasteiger partial charge on any atom is 0.338 e. The van der Waals surface area contributed by atoms with E-state index >= 15 is 0 Å². The summed E-state index contributed by atoms with van der Waals surface area (Å²) in [5, 5.41) is 8.71. The third-order valence-electron chi connectivity index (χ3n) is 1.72. The lowest BCUT2D eigenvalue weighted by molar-refractivity contribution is 0.0698. The molecule has 0 atom stereocenters. The number of imidazole rings is 1. The largest absolute Gasteiger partial charge is 0.478 e. The topological polar surface area (TPSA) is 66.0 Å². The van der Waals surface area contributed by atoms with Gasteiger partial charge in [0.15, 0.2) is 0 Å². The van der Waals surface area contributed by atoms with E-state index in [1.807, 2.05) is 0 Å². The molecule has 66 valence electrons. The van der Waals surface area contributed by atoms with E-state index in [0.29, 0.717) is 5.52 Å². The van der Waals surface area contributed by atoms with Crippen molar-refractivity contribution in [2.24, 2.45) is 0 Å². The molecule has 0 fully saturated rings. The van der Waals surface area contributed by atoms with Crippen molar-refractivity contribution in [3.63, 3.8) is 0 Å². The van der Waals surface area contributed by atoms with Crippen LogP contribution in [-0.2, 0) is 0 Å². The Morgan fingerprint density at radius 2 is 2.31 bits per heavy atom. The van der Waals surface area contributed by atoms with Crippen molar-refractivity contribution in [3.05, 3.63) is 29.8 Å². The van der Waals surface area contributed by atoms with E-state index in [0.717, 1.165) is 6.07 Å². The van der Waals surface area contributed by atoms with E-state index in [9.17, 15) is 9.18 Å². The van der Waals surface area contributed by atoms with E-state index in [1.54, 1.807) is 0 Å². The monoisotopic (exact) mass is 180 g/mol. The van der Waals surface area contributed by atoms with Crippen LogP contribution in [0.15, 0.2) is 18.5 Å². The zero-order valence-electron chi connectivity index (χ0n) is 6.41. The first-order valence-electron chi connectivity index (χ1n) is 3.54. The van der Waals surface area contributed by atoms with Crippen molar-refractivity contribution in [2.75, 3.05) is 0 Å². The summed E-state index contributed by atoms with van der Waals surface area (Å²) in [7, 11) is 0. The molecular formula is C8H5FN2O2. The lowest BCUT2D eigenvalue weighted by atomic mass is 10.2. The summed E-state index contributed by atoms with van der Waals surface area (Å²) in [5.74, 6) is -1.77. The molecule has 5 heteroatoms. The fourth-order valence-electron chi connectivity index (χ4n) is 1.18. The first-order valence-corrected chi connectivity index (χ1v) is 3.54. The highest BCUT2D eigenvalue weighted by molar-refractivity contribution is 6.00. The molecule has 1 aromatic carbocycles. The Morgan fingerprint density at radius 1 is 1.54 bits per heavy atom. The molecule has 0 radical (unpaired) electrons. The van der Waals surface area contributed by atoms with Gasteiger partial charge in [0.2, 0.25) is 0 Å². The van der Waals surface area contributed by atoms with Gasteiger partial charge in [-0.15, -0.1) is 0 Å². The molecule has 1 aromatic heterocycles. The maximum atomic E-state index is 12.8. The summed E-state index contributed by atoms with van der Waals surface area (Å²) in [6.07, 6.45) is 1.33. The highest BCUT2D eigenvalue weighted by Crippen LogP contribution is 2.16. The Kier molecular flexibility index (Phi) is 1.51. The second kappa shape index (κ2) is 2.55. The molecule has 0 aliphatic carbocycles. The molecule has 0 unspecified atom stereocenters. The van der Waals surface area contributed by atoms with Crippen LogP contribution < -0.4 is 0 Å². The minimum absolute atomic E-state index is 0.128. The Bertz CT molecular complexity index is 478. The summed E-state index contributed by atoms with van der Waals surface area (Å²) in [5.41, 5.74) is 0.530. The first kappa shape index (κ1) is 7.72. The zero-order valence-corrected chi connectivity index (χ0v) is 6.41. The minimum atomic E-state index is -1.18. The van der Waals surface area contributed by atoms with E-state index < -0.39 is 11.8 Å². The summed E-state index contributed by atoms with van der Waals surface area (Å²) in [6.45, 7) is 0. The number of aromatic carboxylic acids is 1. The first-order chi connectivity index (χ1) is 6.18. The molecule has 1 heterocycles. The van der Waals surface area contributed by atoms with Crippen LogP contribution in [0, 0.1) is 5.82 Å². The highest BCUT2D eigenvalue weighted by Gasteiger charge is 2.12. The summed E-state index contributed by atoms with van der Waals surface area (Å²) >= 11 is 0. The van der Waals surface area contributed by atoms with Gasteiger partial charge in [-0.2, -0.15) is 0 Å². The predicted molar refractivity (Wildman–Crippen MR) is 43.0 cm³/mol. The van der Waals surface area contributed by atoms with Crippen LogP contribution in [0.3, 0.4) is 0 Å². The zero-order chi connectivity index (χ0) is 9.42. The fourth-order valence-corrected chi connectivity index (χ4v) is 1.18. The van der Waals surface area contributed by atoms with Crippen molar-refractivity contribution >= 4 is 17.0 Å². The number of nitrogens with one attached hydrogen (secondary N) is 1. The number of rotatable bonds is 1. The van der Waals surface area contributed by atoms with Gasteiger partial charge in [-0.1, -0.05) is 0 Å². The second-order valence-corrected chi connectivity index (χ2v) is 2.56. The lowest BCUT2D eigenvalue weighted by Gasteiger charge is -1.95. The normalized spacial score (nSPS) is 10.5. The van der Waals surface area contributed by atoms with Crippen molar-refractivity contribution < 1.29 is 14.3 Å². The predicted octanol–water partition coefficient (Wildman–Crippen LogP) is 1.40. The molecule has 2 N–H and O–H groups in total. The number of carboxylic acids is 1. The molecule has 0 saturated carbocycles. The number of fused-ring (bicyclic) bond motifs is 1. The third kappa shape index (κ3) is 1.14. The van der Waals surface area contributed by atoms with E-state index in [1.165, 1.54) is 12.4 Å². The Hall–Kier alpha value is -1.91. The summed E-state index contributed by atoms with van der Waals surface area (Å²) < 4.78 is 12.8. The number of aromatic amines is 1. The van der Waals surface area contributed by atoms with Gasteiger partial charge in [-0.05, 0) is 12.1 Å². The average Bonchev–Trinajstić information content (AvgIpc) is 2.49. The molecule has 0 aliphatic rings. The number of carbonyl (C=O) groups is 1. The van der Waals surface area contributed by atoms with Crippen molar-refractivity contribution in [1.82, 2.24) is 9.97 Å². The van der Waals surface area contributed by atoms with Gasteiger partial charge >= 0.3 is 5.97 Å². The van der Waals surface area contributed by atoms with E-state index in [2.05, 4.69) is 9.97 Å². The van der Waals surface area contributed by atoms with Crippen LogP contribution in [0.5, 0.6) is 0 Å². The number of hydrogen-bond donors (Lipinski definition) is 2. The fraction of sp³-hybridized carbons (Fsp3) is 0. The summed E-state index contributed by atoms with van der Waals surface area (Å²) in [6, 6.07) is 2.15. The van der Waals surface area contributed by atoms with Crippen molar-refractivity contribution in [2.45, 2.75) is 0 Å². The molecule has 0 spiro atoms. The molecule has 4 nitrogen and oxygen atoms in total. The molecule has 0 amide bonds. The Morgan fingerprint density at radius 3 is 3.00 bits per heavy atom. The molecular weight excluding hydrogens is 175 g/mol. The second-order valence-electron chi connectivity index (χ2n) is 2.56. The minimum Gasteiger partial charge on any atom is -0.478 e. The third-order valence-corrected chi connectivity index (χ3v) is 1.72. The van der Waals surface area contributed by atoms with Gasteiger partial charge in [0.25, 0.3) is 0 Å². The van der Waals surface area contributed by atoms with Crippen LogP contribution in [0.1, 0.15) is 10.4 Å². The average molecular weight is 180 g/mol. The quantitative estimate of drug-likeness (QED) is 0.697. The smallest absolute Gasteiger partial charge is 0.338 e. The van der Waals surface area contributed by atoms with Crippen LogP contribution in [0.2, 0.25) is 0 Å². The molecule has 0 saturated heterocycles. The lowest BCUT2D eigenvalue weighted by Crippen LogP contribution is -1.98. The molecule has 13 heavy (non-hydrogen) atoms. The SMILES string of the molecule is O=C(O)c1cc(F)cc2[nH]cnc12. The van der Waals surface area contributed by atoms with Crippen LogP contribution in [-0.4, -0.2) is 21.0 Å². The number of benzene rings is 1. The number of aromatic nitrogens is 2. The van der Waals surface area contributed by atoms with Crippen LogP contribution >= 0.6 is 0 Å². The Labute approximate surface area is 72.0 Å². The van der Waals surface area contributed by atoms with Gasteiger partial charge in [-0.3, -0.25) is 0 Å². The molecule has 2 aromatic rings. The van der Waals surface area contributed by atoms with Crippen molar-refractivity contribution in [1.29, 1.82) is 0 Å². The van der Waals surface area contributed by atoms with Gasteiger partial charge in [-0.25, -0.2) is 14.2 Å². The van der Waals surface area contributed by atoms with Gasteiger partial charge in [0.1, 0.15) is 11.3 Å². The highest BCUT2D eigenvalue weighted by atomic mass is 19.1. The molecule has 0 aliphatic heterocycles. The van der Waals surface area contributed by atoms with E-state index in [4.69, 9.17) is 5.11 Å². The van der Waals surface area contributed by atoms with Crippen LogP contribution in [0.4, 0.5) is 4.39 Å². The van der Waals surface area contributed by atoms with Gasteiger partial charge in [0, 0.05) is 0 Å². The number of hydrogen-bond acceptors (Lipinski definition) is 2.